The molecule has 4 aromatic rings. The van der Waals surface area contributed by atoms with Crippen molar-refractivity contribution in [1.29, 1.82) is 0 Å². The smallest absolute Gasteiger partial charge is 0.356 e. The number of carbonyl (C=O) groups is 2. The van der Waals surface area contributed by atoms with E-state index in [2.05, 4.69) is 0 Å². The number of hydrogen-bond donors (Lipinski definition) is 0. The van der Waals surface area contributed by atoms with E-state index in [1.54, 1.807) is 77.1 Å². The molecule has 4 rings (SSSR count). The lowest BCUT2D eigenvalue weighted by Gasteiger charge is -2.21. The van der Waals surface area contributed by atoms with Gasteiger partial charge in [0, 0.05) is 15.8 Å². The topological polar surface area (TPSA) is 91.7 Å². The minimum Gasteiger partial charge on any atom is -0.461 e. The van der Waals surface area contributed by atoms with Gasteiger partial charge in [-0.3, -0.25) is 0 Å². The average molecular weight is 566 g/mol. The molecule has 0 atom stereocenters. The number of hydrogen-bond acceptors (Lipinski definition) is 7. The molecule has 2 heterocycles. The summed E-state index contributed by atoms with van der Waals surface area (Å²) in [6.07, 6.45) is 0. The van der Waals surface area contributed by atoms with Crippen LogP contribution >= 0.6 is 11.3 Å². The van der Waals surface area contributed by atoms with Crippen molar-refractivity contribution >= 4 is 55.3 Å². The van der Waals surface area contributed by atoms with Crippen molar-refractivity contribution in [2.75, 3.05) is 6.61 Å². The van der Waals surface area contributed by atoms with Gasteiger partial charge in [0.1, 0.15) is 5.60 Å². The number of aromatic nitrogens is 1. The van der Waals surface area contributed by atoms with Gasteiger partial charge in [-0.25, -0.2) is 22.0 Å². The Labute approximate surface area is 232 Å². The first-order valence-electron chi connectivity index (χ1n) is 12.5. The van der Waals surface area contributed by atoms with Crippen molar-refractivity contribution in [3.05, 3.63) is 87.7 Å². The van der Waals surface area contributed by atoms with Crippen LogP contribution in [0, 0.1) is 6.92 Å². The molecule has 7 nitrogen and oxygen atoms in total. The number of allylic oxidation sites excluding steroid dienone is 1. The van der Waals surface area contributed by atoms with E-state index in [-0.39, 0.29) is 22.8 Å². The molecule has 39 heavy (non-hydrogen) atoms. The summed E-state index contributed by atoms with van der Waals surface area (Å²) < 4.78 is 40.4. The van der Waals surface area contributed by atoms with Crippen LogP contribution in [-0.4, -0.2) is 36.5 Å². The second-order valence-electron chi connectivity index (χ2n) is 10.0. The second-order valence-corrected chi connectivity index (χ2v) is 12.8. The largest absolute Gasteiger partial charge is 0.461 e. The highest BCUT2D eigenvalue weighted by molar-refractivity contribution is 7.90. The predicted octanol–water partition coefficient (Wildman–Crippen LogP) is 6.70. The van der Waals surface area contributed by atoms with Crippen molar-refractivity contribution < 1.29 is 27.5 Å². The third-order valence-electron chi connectivity index (χ3n) is 5.98. The molecule has 9 heteroatoms. The summed E-state index contributed by atoms with van der Waals surface area (Å²) in [6, 6.07) is 16.9. The Morgan fingerprint density at radius 2 is 1.64 bits per heavy atom. The zero-order chi connectivity index (χ0) is 28.5. The molecule has 0 saturated heterocycles. The molecule has 2 aromatic carbocycles. The molecule has 2 aromatic heterocycles. The zero-order valence-electron chi connectivity index (χ0n) is 22.8. The van der Waals surface area contributed by atoms with Crippen molar-refractivity contribution in [2.45, 2.75) is 52.0 Å². The maximum Gasteiger partial charge on any atom is 0.356 e. The third-order valence-corrected chi connectivity index (χ3v) is 8.60. The summed E-state index contributed by atoms with van der Waals surface area (Å²) in [5.41, 5.74) is 1.21. The number of fused-ring (bicyclic) bond motifs is 1. The Morgan fingerprint density at radius 1 is 0.974 bits per heavy atom. The number of esters is 2. The van der Waals surface area contributed by atoms with Crippen molar-refractivity contribution in [1.82, 2.24) is 3.97 Å². The van der Waals surface area contributed by atoms with Gasteiger partial charge >= 0.3 is 11.9 Å². The fourth-order valence-electron chi connectivity index (χ4n) is 4.35. The van der Waals surface area contributed by atoms with E-state index in [1.165, 1.54) is 23.5 Å². The molecule has 0 aliphatic heterocycles. The lowest BCUT2D eigenvalue weighted by Crippen LogP contribution is -2.25. The van der Waals surface area contributed by atoms with E-state index in [0.717, 1.165) is 9.54 Å². The molecule has 0 saturated carbocycles. The van der Waals surface area contributed by atoms with Crippen LogP contribution in [0.15, 0.2) is 70.9 Å². The summed E-state index contributed by atoms with van der Waals surface area (Å²) in [7, 11) is -4.24. The Morgan fingerprint density at radius 3 is 2.23 bits per heavy atom. The highest BCUT2D eigenvalue weighted by Crippen LogP contribution is 2.40. The molecule has 0 aliphatic rings. The summed E-state index contributed by atoms with van der Waals surface area (Å²) in [4.78, 5) is 27.8. The average Bonchev–Trinajstić information content (AvgIpc) is 3.50. The first-order chi connectivity index (χ1) is 18.4. The number of thiophene rings is 1. The second kappa shape index (κ2) is 10.8. The maximum absolute atomic E-state index is 14.1. The number of benzene rings is 2. The zero-order valence-corrected chi connectivity index (χ0v) is 24.4. The van der Waals surface area contributed by atoms with Gasteiger partial charge in [-0.05, 0) is 76.8 Å². The van der Waals surface area contributed by atoms with Gasteiger partial charge in [-0.2, -0.15) is 0 Å². The Kier molecular flexibility index (Phi) is 7.86. The third kappa shape index (κ3) is 5.55. The molecular formula is C30H31NO6S2. The molecule has 0 aliphatic carbocycles. The van der Waals surface area contributed by atoms with Gasteiger partial charge in [-0.1, -0.05) is 42.0 Å². The summed E-state index contributed by atoms with van der Waals surface area (Å²) in [5.74, 6) is -1.39. The molecule has 0 amide bonds. The fourth-order valence-corrected chi connectivity index (χ4v) is 6.68. The van der Waals surface area contributed by atoms with E-state index in [4.69, 9.17) is 9.47 Å². The molecule has 0 radical (unpaired) electrons. The molecular weight excluding hydrogens is 534 g/mol. The SMILES string of the molecule is CCOC(=O)c1c(/C(C)=C(\C(=O)OC(C)(C)C)c2cccs2)c2ccccc2n1S(=O)(=O)c1ccc(C)cc1. The Hall–Kier alpha value is -3.69. The van der Waals surface area contributed by atoms with Gasteiger partial charge in [0.15, 0.2) is 5.69 Å². The molecule has 0 unspecified atom stereocenters. The van der Waals surface area contributed by atoms with Crippen LogP contribution in [0.2, 0.25) is 0 Å². The lowest BCUT2D eigenvalue weighted by atomic mass is 9.97. The van der Waals surface area contributed by atoms with E-state index in [1.807, 2.05) is 18.4 Å². The van der Waals surface area contributed by atoms with Gasteiger partial charge in [0.25, 0.3) is 10.0 Å². The van der Waals surface area contributed by atoms with Gasteiger partial charge in [0.05, 0.1) is 22.6 Å². The van der Waals surface area contributed by atoms with Crippen LogP contribution < -0.4 is 0 Å². The van der Waals surface area contributed by atoms with E-state index in [9.17, 15) is 18.0 Å². The standard InChI is InChI=1S/C30H31NO6S2/c1-7-36-29(33)27-25(20(3)26(24-13-10-18-38-24)28(32)37-30(4,5)6)22-11-8-9-12-23(22)31(27)39(34,35)21-16-14-19(2)15-17-21/h8-18H,7H2,1-6H3/b26-20-. The number of para-hydroxylation sites is 1. The number of ether oxygens (including phenoxy) is 2. The minimum atomic E-state index is -4.24. The summed E-state index contributed by atoms with van der Waals surface area (Å²) in [6.45, 7) is 10.6. The van der Waals surface area contributed by atoms with Crippen LogP contribution in [0.4, 0.5) is 0 Å². The van der Waals surface area contributed by atoms with Crippen LogP contribution in [0.3, 0.4) is 0 Å². The monoisotopic (exact) mass is 565 g/mol. The number of aryl methyl sites for hydroxylation is 1. The van der Waals surface area contributed by atoms with E-state index >= 15 is 0 Å². The highest BCUT2D eigenvalue weighted by atomic mass is 32.2. The number of rotatable bonds is 7. The molecule has 0 N–H and O–H groups in total. The number of nitrogens with zero attached hydrogens (tertiary/aromatic N) is 1. The molecule has 0 bridgehead atoms. The van der Waals surface area contributed by atoms with Crippen LogP contribution in [0.1, 0.15) is 61.1 Å². The van der Waals surface area contributed by atoms with Crippen molar-refractivity contribution in [2.24, 2.45) is 0 Å². The lowest BCUT2D eigenvalue weighted by molar-refractivity contribution is -0.147. The fraction of sp³-hybridized carbons (Fsp3) is 0.267. The normalized spacial score (nSPS) is 12.8. The van der Waals surface area contributed by atoms with E-state index in [0.29, 0.717) is 26.9 Å². The quantitative estimate of drug-likeness (QED) is 0.183. The summed E-state index contributed by atoms with van der Waals surface area (Å²) in [5, 5.41) is 2.33. The molecule has 204 valence electrons. The summed E-state index contributed by atoms with van der Waals surface area (Å²) >= 11 is 1.35. The van der Waals surface area contributed by atoms with Crippen LogP contribution in [0.5, 0.6) is 0 Å². The van der Waals surface area contributed by atoms with Gasteiger partial charge in [0.2, 0.25) is 0 Å². The molecule has 0 fully saturated rings. The first kappa shape index (κ1) is 28.3. The first-order valence-corrected chi connectivity index (χ1v) is 14.8. The van der Waals surface area contributed by atoms with Crippen LogP contribution in [0.25, 0.3) is 22.0 Å². The maximum atomic E-state index is 14.1. The van der Waals surface area contributed by atoms with Gasteiger partial charge < -0.3 is 9.47 Å². The van der Waals surface area contributed by atoms with Gasteiger partial charge in [-0.15, -0.1) is 11.3 Å². The van der Waals surface area contributed by atoms with Crippen LogP contribution in [-0.2, 0) is 24.3 Å². The van der Waals surface area contributed by atoms with E-state index < -0.39 is 27.6 Å². The van der Waals surface area contributed by atoms with Crippen molar-refractivity contribution in [3.63, 3.8) is 0 Å². The predicted molar refractivity (Wildman–Crippen MR) is 154 cm³/mol. The Balaban J connectivity index is 2.14. The van der Waals surface area contributed by atoms with Crippen molar-refractivity contribution in [3.8, 4) is 0 Å². The minimum absolute atomic E-state index is 0.0261. The Bertz CT molecular complexity index is 1670. The highest BCUT2D eigenvalue weighted by Gasteiger charge is 2.34. The molecule has 0 spiro atoms. The number of carbonyl (C=O) groups excluding carboxylic acids is 2.